The van der Waals surface area contributed by atoms with Crippen molar-refractivity contribution in [3.05, 3.63) is 29.8 Å². The molecule has 7 nitrogen and oxygen atoms in total. The average molecular weight is 343 g/mol. The van der Waals surface area contributed by atoms with Gasteiger partial charge in [-0.25, -0.2) is 13.2 Å². The zero-order chi connectivity index (χ0) is 17.7. The number of hydrogen-bond donors (Lipinski definition) is 2. The number of sulfone groups is 1. The van der Waals surface area contributed by atoms with Crippen molar-refractivity contribution < 1.29 is 27.9 Å². The van der Waals surface area contributed by atoms with Crippen molar-refractivity contribution in [2.75, 3.05) is 12.4 Å². The van der Waals surface area contributed by atoms with E-state index < -0.39 is 38.8 Å². The number of carboxylic acids is 1. The van der Waals surface area contributed by atoms with Gasteiger partial charge < -0.3 is 15.2 Å². The Labute approximate surface area is 135 Å². The quantitative estimate of drug-likeness (QED) is 0.764. The Bertz CT molecular complexity index is 675. The van der Waals surface area contributed by atoms with E-state index in [4.69, 9.17) is 9.84 Å². The standard InChI is InChI=1S/C15H21NO6S/c1-15(2,3)23(20,21)10-13(17)16-8-11-5-4-6-12(7-11)22-9-14(18)19/h4-7H,8-10H2,1-3H3,(H,16,17)(H,18,19). The molecule has 0 spiro atoms. The number of ether oxygens (including phenoxy) is 1. The first-order valence-electron chi connectivity index (χ1n) is 6.94. The van der Waals surface area contributed by atoms with E-state index in [1.807, 2.05) is 0 Å². The number of amides is 1. The molecule has 0 aliphatic carbocycles. The normalized spacial score (nSPS) is 11.8. The SMILES string of the molecule is CC(C)(C)S(=O)(=O)CC(=O)NCc1cccc(OCC(=O)O)c1. The van der Waals surface area contributed by atoms with E-state index in [9.17, 15) is 18.0 Å². The fourth-order valence-corrected chi connectivity index (χ4v) is 2.41. The first kappa shape index (κ1) is 19.0. The number of carbonyl (C=O) groups is 2. The van der Waals surface area contributed by atoms with Gasteiger partial charge in [-0.1, -0.05) is 12.1 Å². The van der Waals surface area contributed by atoms with Gasteiger partial charge in [0.1, 0.15) is 11.5 Å². The van der Waals surface area contributed by atoms with Crippen molar-refractivity contribution in [1.82, 2.24) is 5.32 Å². The van der Waals surface area contributed by atoms with Crippen molar-refractivity contribution >= 4 is 21.7 Å². The number of hydrogen-bond acceptors (Lipinski definition) is 5. The van der Waals surface area contributed by atoms with Crippen LogP contribution in [0.3, 0.4) is 0 Å². The minimum Gasteiger partial charge on any atom is -0.482 e. The summed E-state index contributed by atoms with van der Waals surface area (Å²) in [5.41, 5.74) is 0.675. The molecule has 128 valence electrons. The van der Waals surface area contributed by atoms with Crippen molar-refractivity contribution in [3.8, 4) is 5.75 Å². The molecule has 0 atom stereocenters. The average Bonchev–Trinajstić information content (AvgIpc) is 2.42. The zero-order valence-corrected chi connectivity index (χ0v) is 14.1. The summed E-state index contributed by atoms with van der Waals surface area (Å²) in [6.07, 6.45) is 0. The number of rotatable bonds is 7. The summed E-state index contributed by atoms with van der Waals surface area (Å²) in [4.78, 5) is 22.2. The van der Waals surface area contributed by atoms with Gasteiger partial charge in [-0.05, 0) is 38.5 Å². The molecule has 0 bridgehead atoms. The summed E-state index contributed by atoms with van der Waals surface area (Å²) in [5.74, 6) is -1.89. The smallest absolute Gasteiger partial charge is 0.341 e. The maximum atomic E-state index is 11.9. The van der Waals surface area contributed by atoms with Crippen LogP contribution >= 0.6 is 0 Å². The van der Waals surface area contributed by atoms with Crippen LogP contribution in [0, 0.1) is 0 Å². The second kappa shape index (κ2) is 7.45. The molecule has 1 aromatic carbocycles. The first-order valence-corrected chi connectivity index (χ1v) is 8.59. The van der Waals surface area contributed by atoms with E-state index in [1.165, 1.54) is 0 Å². The van der Waals surface area contributed by atoms with Crippen molar-refractivity contribution in [3.63, 3.8) is 0 Å². The van der Waals surface area contributed by atoms with Gasteiger partial charge in [0, 0.05) is 6.54 Å². The van der Waals surface area contributed by atoms with E-state index in [0.29, 0.717) is 11.3 Å². The van der Waals surface area contributed by atoms with Crippen LogP contribution in [0.2, 0.25) is 0 Å². The Morgan fingerprint density at radius 1 is 1.26 bits per heavy atom. The molecule has 0 aliphatic rings. The Balaban J connectivity index is 2.60. The molecule has 2 N–H and O–H groups in total. The van der Waals surface area contributed by atoms with Gasteiger partial charge in [-0.2, -0.15) is 0 Å². The van der Waals surface area contributed by atoms with Crippen LogP contribution in [0.25, 0.3) is 0 Å². The van der Waals surface area contributed by atoms with Crippen LogP contribution in [0.5, 0.6) is 5.75 Å². The second-order valence-electron chi connectivity index (χ2n) is 5.98. The van der Waals surface area contributed by atoms with Gasteiger partial charge >= 0.3 is 5.97 Å². The van der Waals surface area contributed by atoms with Gasteiger partial charge in [0.15, 0.2) is 16.4 Å². The third-order valence-corrected chi connectivity index (χ3v) is 5.51. The van der Waals surface area contributed by atoms with E-state index in [2.05, 4.69) is 5.32 Å². The number of benzene rings is 1. The van der Waals surface area contributed by atoms with Crippen LogP contribution in [0.15, 0.2) is 24.3 Å². The molecule has 0 saturated heterocycles. The lowest BCUT2D eigenvalue weighted by Crippen LogP contribution is -2.38. The monoisotopic (exact) mass is 343 g/mol. The molecule has 0 unspecified atom stereocenters. The van der Waals surface area contributed by atoms with Crippen molar-refractivity contribution in [2.45, 2.75) is 32.1 Å². The lowest BCUT2D eigenvalue weighted by molar-refractivity contribution is -0.139. The summed E-state index contributed by atoms with van der Waals surface area (Å²) in [5, 5.41) is 11.1. The minimum atomic E-state index is -3.53. The predicted octanol–water partition coefficient (Wildman–Crippen LogP) is 0.979. The number of carbonyl (C=O) groups excluding carboxylic acids is 1. The number of aliphatic carboxylic acids is 1. The third kappa shape index (κ3) is 6.27. The van der Waals surface area contributed by atoms with E-state index in [-0.39, 0.29) is 6.54 Å². The summed E-state index contributed by atoms with van der Waals surface area (Å²) in [6, 6.07) is 6.55. The first-order chi connectivity index (χ1) is 10.5. The molecule has 0 saturated carbocycles. The van der Waals surface area contributed by atoms with E-state index in [1.54, 1.807) is 45.0 Å². The predicted molar refractivity (Wildman–Crippen MR) is 85.0 cm³/mol. The molecule has 1 amide bonds. The summed E-state index contributed by atoms with van der Waals surface area (Å²) in [6.45, 7) is 4.29. The zero-order valence-electron chi connectivity index (χ0n) is 13.3. The highest BCUT2D eigenvalue weighted by Gasteiger charge is 2.31. The van der Waals surface area contributed by atoms with Crippen molar-refractivity contribution in [2.24, 2.45) is 0 Å². The molecule has 0 aliphatic heterocycles. The van der Waals surface area contributed by atoms with E-state index in [0.717, 1.165) is 0 Å². The van der Waals surface area contributed by atoms with Crippen LogP contribution in [0.1, 0.15) is 26.3 Å². The molecule has 1 rings (SSSR count). The van der Waals surface area contributed by atoms with Gasteiger partial charge in [0.2, 0.25) is 5.91 Å². The van der Waals surface area contributed by atoms with Gasteiger partial charge in [-0.3, -0.25) is 4.79 Å². The molecule has 0 radical (unpaired) electrons. The third-order valence-electron chi connectivity index (χ3n) is 3.00. The highest BCUT2D eigenvalue weighted by molar-refractivity contribution is 7.93. The lowest BCUT2D eigenvalue weighted by atomic mass is 10.2. The fraction of sp³-hybridized carbons (Fsp3) is 0.467. The molecule has 0 heterocycles. The van der Waals surface area contributed by atoms with Gasteiger partial charge in [-0.15, -0.1) is 0 Å². The Morgan fingerprint density at radius 2 is 1.91 bits per heavy atom. The Kier molecular flexibility index (Phi) is 6.14. The topological polar surface area (TPSA) is 110 Å². The van der Waals surface area contributed by atoms with Crippen LogP contribution in [-0.2, 0) is 26.0 Å². The van der Waals surface area contributed by atoms with Crippen LogP contribution < -0.4 is 10.1 Å². The largest absolute Gasteiger partial charge is 0.482 e. The molecule has 0 aromatic heterocycles. The summed E-state index contributed by atoms with van der Waals surface area (Å²) in [7, 11) is -3.53. The number of nitrogens with one attached hydrogen (secondary N) is 1. The number of carboxylic acid groups (broad SMARTS) is 1. The van der Waals surface area contributed by atoms with E-state index >= 15 is 0 Å². The maximum absolute atomic E-state index is 11.9. The second-order valence-corrected chi connectivity index (χ2v) is 8.72. The molecular formula is C15H21NO6S. The summed E-state index contributed by atoms with van der Waals surface area (Å²) < 4.78 is 27.9. The van der Waals surface area contributed by atoms with Crippen molar-refractivity contribution in [1.29, 1.82) is 0 Å². The van der Waals surface area contributed by atoms with Gasteiger partial charge in [0.25, 0.3) is 0 Å². The maximum Gasteiger partial charge on any atom is 0.341 e. The lowest BCUT2D eigenvalue weighted by Gasteiger charge is -2.18. The molecule has 8 heteroatoms. The Morgan fingerprint density at radius 3 is 2.48 bits per heavy atom. The summed E-state index contributed by atoms with van der Waals surface area (Å²) >= 11 is 0. The van der Waals surface area contributed by atoms with Crippen LogP contribution in [0.4, 0.5) is 0 Å². The molecule has 0 fully saturated rings. The fourth-order valence-electron chi connectivity index (χ4n) is 1.53. The molecule has 23 heavy (non-hydrogen) atoms. The van der Waals surface area contributed by atoms with Crippen LogP contribution in [-0.4, -0.2) is 42.5 Å². The molecular weight excluding hydrogens is 322 g/mol. The van der Waals surface area contributed by atoms with Gasteiger partial charge in [0.05, 0.1) is 4.75 Å². The minimum absolute atomic E-state index is 0.128. The molecule has 1 aromatic rings. The highest BCUT2D eigenvalue weighted by Crippen LogP contribution is 2.16. The highest BCUT2D eigenvalue weighted by atomic mass is 32.2. The Hall–Kier alpha value is -2.09.